The minimum atomic E-state index is -3.64. The fourth-order valence-electron chi connectivity index (χ4n) is 3.55. The molecule has 0 unspecified atom stereocenters. The first-order chi connectivity index (χ1) is 13.4. The molecule has 0 saturated carbocycles. The number of aromatic nitrogens is 3. The van der Waals surface area contributed by atoms with Crippen LogP contribution in [-0.4, -0.2) is 40.3 Å². The number of aryl methyl sites for hydroxylation is 1. The van der Waals surface area contributed by atoms with Gasteiger partial charge in [-0.05, 0) is 37.1 Å². The number of piperidine rings is 1. The van der Waals surface area contributed by atoms with E-state index < -0.39 is 10.0 Å². The summed E-state index contributed by atoms with van der Waals surface area (Å²) >= 11 is 0. The summed E-state index contributed by atoms with van der Waals surface area (Å²) in [4.78, 5) is 8.64. The van der Waals surface area contributed by atoms with E-state index in [9.17, 15) is 12.8 Å². The number of hydrogen-bond donors (Lipinski definition) is 0. The minimum Gasteiger partial charge on any atom is -0.339 e. The van der Waals surface area contributed by atoms with Crippen LogP contribution >= 0.6 is 0 Å². The third-order valence-electron chi connectivity index (χ3n) is 5.01. The molecule has 0 amide bonds. The van der Waals surface area contributed by atoms with Gasteiger partial charge >= 0.3 is 0 Å². The number of nitrogens with zero attached hydrogens (tertiary/aromatic N) is 4. The van der Waals surface area contributed by atoms with E-state index in [0.717, 1.165) is 18.5 Å². The molecule has 146 valence electrons. The first-order valence-electron chi connectivity index (χ1n) is 9.15. The third-order valence-corrected chi connectivity index (χ3v) is 6.76. The number of sulfonamides is 1. The van der Waals surface area contributed by atoms with E-state index in [1.54, 1.807) is 35.9 Å². The van der Waals surface area contributed by atoms with Gasteiger partial charge in [0.25, 0.3) is 10.0 Å². The molecule has 0 aliphatic carbocycles. The maximum atomic E-state index is 14.1. The molecular formula is C20H21FN4O2S. The molecule has 1 fully saturated rings. The van der Waals surface area contributed by atoms with Gasteiger partial charge in [-0.15, -0.1) is 0 Å². The Bertz CT molecular complexity index is 1100. The van der Waals surface area contributed by atoms with Crippen LogP contribution in [0.15, 0.2) is 60.0 Å². The molecule has 1 aliphatic rings. The number of imidazole rings is 1. The summed E-state index contributed by atoms with van der Waals surface area (Å²) in [6, 6.07) is 12.0. The Morgan fingerprint density at radius 1 is 1.14 bits per heavy atom. The van der Waals surface area contributed by atoms with Crippen LogP contribution in [0, 0.1) is 5.82 Å². The molecular weight excluding hydrogens is 379 g/mol. The molecule has 0 radical (unpaired) electrons. The van der Waals surface area contributed by atoms with Crippen LogP contribution in [0.4, 0.5) is 4.39 Å². The summed E-state index contributed by atoms with van der Waals surface area (Å²) in [7, 11) is -1.90. The zero-order valence-corrected chi connectivity index (χ0v) is 16.3. The molecule has 1 aromatic carbocycles. The SMILES string of the molecule is Cn1cnc(S(=O)(=O)N2CCC[C@@H](c3cccc(-c4ccccc4F)n3)C2)c1. The molecule has 8 heteroatoms. The van der Waals surface area contributed by atoms with Crippen molar-refractivity contribution in [3.05, 3.63) is 66.5 Å². The summed E-state index contributed by atoms with van der Waals surface area (Å²) in [5.41, 5.74) is 1.78. The molecule has 28 heavy (non-hydrogen) atoms. The highest BCUT2D eigenvalue weighted by molar-refractivity contribution is 7.89. The summed E-state index contributed by atoms with van der Waals surface area (Å²) in [6.45, 7) is 0.801. The van der Waals surface area contributed by atoms with E-state index in [1.165, 1.54) is 22.9 Å². The van der Waals surface area contributed by atoms with E-state index in [1.807, 2.05) is 12.1 Å². The lowest BCUT2D eigenvalue weighted by molar-refractivity contribution is 0.312. The Balaban J connectivity index is 1.60. The minimum absolute atomic E-state index is 0.0426. The fourth-order valence-corrected chi connectivity index (χ4v) is 5.04. The van der Waals surface area contributed by atoms with Gasteiger partial charge in [-0.25, -0.2) is 17.8 Å². The molecule has 2 aromatic heterocycles. The van der Waals surface area contributed by atoms with Gasteiger partial charge in [-0.2, -0.15) is 4.31 Å². The lowest BCUT2D eigenvalue weighted by Gasteiger charge is -2.31. The highest BCUT2D eigenvalue weighted by Gasteiger charge is 2.32. The second kappa shape index (κ2) is 7.44. The van der Waals surface area contributed by atoms with E-state index in [0.29, 0.717) is 24.3 Å². The Morgan fingerprint density at radius 2 is 1.96 bits per heavy atom. The summed E-state index contributed by atoms with van der Waals surface area (Å²) in [6.07, 6.45) is 4.56. The van der Waals surface area contributed by atoms with Gasteiger partial charge in [0.1, 0.15) is 5.82 Å². The van der Waals surface area contributed by atoms with Crippen molar-refractivity contribution >= 4 is 10.0 Å². The van der Waals surface area contributed by atoms with E-state index in [-0.39, 0.29) is 16.8 Å². The van der Waals surface area contributed by atoms with Crippen molar-refractivity contribution in [2.24, 2.45) is 7.05 Å². The molecule has 0 bridgehead atoms. The van der Waals surface area contributed by atoms with Crippen molar-refractivity contribution in [3.8, 4) is 11.3 Å². The molecule has 0 N–H and O–H groups in total. The molecule has 6 nitrogen and oxygen atoms in total. The quantitative estimate of drug-likeness (QED) is 0.675. The van der Waals surface area contributed by atoms with Gasteiger partial charge in [0, 0.05) is 43.5 Å². The van der Waals surface area contributed by atoms with Crippen molar-refractivity contribution in [1.29, 1.82) is 0 Å². The molecule has 1 atom stereocenters. The van der Waals surface area contributed by atoms with E-state index >= 15 is 0 Å². The van der Waals surface area contributed by atoms with E-state index in [4.69, 9.17) is 0 Å². The average Bonchev–Trinajstić information content (AvgIpc) is 3.16. The van der Waals surface area contributed by atoms with Crippen molar-refractivity contribution in [1.82, 2.24) is 18.8 Å². The third kappa shape index (κ3) is 3.57. The van der Waals surface area contributed by atoms with Gasteiger partial charge in [0.05, 0.1) is 12.0 Å². The predicted molar refractivity (Wildman–Crippen MR) is 104 cm³/mol. The Kier molecular flexibility index (Phi) is 4.99. The molecule has 1 saturated heterocycles. The Morgan fingerprint density at radius 3 is 2.71 bits per heavy atom. The first-order valence-corrected chi connectivity index (χ1v) is 10.6. The molecule has 4 rings (SSSR count). The van der Waals surface area contributed by atoms with Crippen LogP contribution in [0.5, 0.6) is 0 Å². The van der Waals surface area contributed by atoms with Crippen LogP contribution < -0.4 is 0 Å². The second-order valence-electron chi connectivity index (χ2n) is 7.01. The molecule has 3 heterocycles. The molecule has 3 aromatic rings. The van der Waals surface area contributed by atoms with Gasteiger partial charge in [-0.1, -0.05) is 18.2 Å². The number of rotatable bonds is 4. The standard InChI is InChI=1S/C20H21FN4O2S/c1-24-13-20(22-14-24)28(26,27)25-11-5-6-15(12-25)18-9-4-10-19(23-18)16-7-2-3-8-17(16)21/h2-4,7-10,13-15H,5-6,11-12H2,1H3/t15-/m1/s1. The lowest BCUT2D eigenvalue weighted by Crippen LogP contribution is -2.39. The van der Waals surface area contributed by atoms with Gasteiger partial charge < -0.3 is 4.57 Å². The van der Waals surface area contributed by atoms with Crippen LogP contribution in [0.25, 0.3) is 11.3 Å². The summed E-state index contributed by atoms with van der Waals surface area (Å²) < 4.78 is 43.0. The predicted octanol–water partition coefficient (Wildman–Crippen LogP) is 3.19. The molecule has 0 spiro atoms. The maximum absolute atomic E-state index is 14.1. The van der Waals surface area contributed by atoms with Crippen LogP contribution in [0.3, 0.4) is 0 Å². The first kappa shape index (κ1) is 18.8. The fraction of sp³-hybridized carbons (Fsp3) is 0.300. The topological polar surface area (TPSA) is 68.1 Å². The largest absolute Gasteiger partial charge is 0.339 e. The Labute approximate surface area is 163 Å². The van der Waals surface area contributed by atoms with Crippen LogP contribution in [0.2, 0.25) is 0 Å². The number of benzene rings is 1. The normalized spacial score (nSPS) is 18.3. The van der Waals surface area contributed by atoms with Crippen molar-refractivity contribution in [2.45, 2.75) is 23.8 Å². The lowest BCUT2D eigenvalue weighted by atomic mass is 9.95. The smallest absolute Gasteiger partial charge is 0.262 e. The Hall–Kier alpha value is -2.58. The number of hydrogen-bond acceptors (Lipinski definition) is 4. The van der Waals surface area contributed by atoms with Gasteiger partial charge in [0.2, 0.25) is 0 Å². The zero-order chi connectivity index (χ0) is 19.7. The maximum Gasteiger partial charge on any atom is 0.262 e. The van der Waals surface area contributed by atoms with Gasteiger partial charge in [-0.3, -0.25) is 4.98 Å². The average molecular weight is 400 g/mol. The van der Waals surface area contributed by atoms with E-state index in [2.05, 4.69) is 9.97 Å². The van der Waals surface area contributed by atoms with Crippen LogP contribution in [0.1, 0.15) is 24.5 Å². The van der Waals surface area contributed by atoms with Crippen molar-refractivity contribution < 1.29 is 12.8 Å². The summed E-state index contributed by atoms with van der Waals surface area (Å²) in [5.74, 6) is -0.367. The second-order valence-corrected chi connectivity index (χ2v) is 8.89. The number of pyridine rings is 1. The van der Waals surface area contributed by atoms with Crippen molar-refractivity contribution in [2.75, 3.05) is 13.1 Å². The number of halogens is 1. The molecule has 1 aliphatic heterocycles. The zero-order valence-electron chi connectivity index (χ0n) is 15.5. The highest BCUT2D eigenvalue weighted by Crippen LogP contribution is 2.30. The van der Waals surface area contributed by atoms with Crippen molar-refractivity contribution in [3.63, 3.8) is 0 Å². The summed E-state index contributed by atoms with van der Waals surface area (Å²) in [5, 5.41) is 0.0590. The highest BCUT2D eigenvalue weighted by atomic mass is 32.2. The monoisotopic (exact) mass is 400 g/mol. The van der Waals surface area contributed by atoms with Gasteiger partial charge in [0.15, 0.2) is 5.03 Å². The van der Waals surface area contributed by atoms with Crippen LogP contribution in [-0.2, 0) is 17.1 Å².